The maximum atomic E-state index is 14.0. The molecule has 5 atom stereocenters. The Morgan fingerprint density at radius 1 is 1.29 bits per heavy atom. The highest BCUT2D eigenvalue weighted by molar-refractivity contribution is 7.13. The van der Waals surface area contributed by atoms with Gasteiger partial charge in [-0.25, -0.2) is 14.3 Å². The molecule has 41 heavy (non-hydrogen) atoms. The van der Waals surface area contributed by atoms with E-state index >= 15 is 0 Å². The lowest BCUT2D eigenvalue weighted by atomic mass is 9.90. The van der Waals surface area contributed by atoms with Gasteiger partial charge >= 0.3 is 6.18 Å². The van der Waals surface area contributed by atoms with Gasteiger partial charge in [-0.15, -0.1) is 16.4 Å². The fraction of sp³-hybridized carbons (Fsp3) is 0.348. The highest BCUT2D eigenvalue weighted by atomic mass is 35.5. The van der Waals surface area contributed by atoms with Crippen molar-refractivity contribution in [3.8, 4) is 16.4 Å². The third-order valence-electron chi connectivity index (χ3n) is 6.42. The summed E-state index contributed by atoms with van der Waals surface area (Å²) in [6.07, 6.45) is -8.51. The number of carbonyl (C=O) groups is 1. The van der Waals surface area contributed by atoms with Gasteiger partial charge in [0.1, 0.15) is 46.3 Å². The second kappa shape index (κ2) is 11.3. The van der Waals surface area contributed by atoms with Gasteiger partial charge in [-0.3, -0.25) is 4.79 Å². The molecule has 1 amide bonds. The van der Waals surface area contributed by atoms with Crippen LogP contribution < -0.4 is 5.73 Å². The Kier molecular flexibility index (Phi) is 8.08. The van der Waals surface area contributed by atoms with E-state index in [2.05, 4.69) is 20.4 Å². The van der Waals surface area contributed by atoms with Gasteiger partial charge in [0.15, 0.2) is 5.69 Å². The van der Waals surface area contributed by atoms with Gasteiger partial charge in [0.25, 0.3) is 5.91 Å². The molecule has 1 saturated heterocycles. The zero-order valence-corrected chi connectivity index (χ0v) is 23.1. The maximum absolute atomic E-state index is 14.0. The van der Waals surface area contributed by atoms with Gasteiger partial charge in [0.2, 0.25) is 0 Å². The first-order valence-electron chi connectivity index (χ1n) is 11.7. The minimum Gasteiger partial charge on any atom is -0.394 e. The average molecular weight is 634 g/mol. The quantitative estimate of drug-likeness (QED) is 0.277. The summed E-state index contributed by atoms with van der Waals surface area (Å²) < 4.78 is 55.8. The monoisotopic (exact) mass is 633 g/mol. The zero-order chi connectivity index (χ0) is 29.6. The van der Waals surface area contributed by atoms with Crippen molar-refractivity contribution < 1.29 is 37.7 Å². The second-order valence-corrected chi connectivity index (χ2v) is 10.6. The van der Waals surface area contributed by atoms with Crippen molar-refractivity contribution in [3.63, 3.8) is 0 Å². The third-order valence-corrected chi connectivity index (χ3v) is 7.85. The lowest BCUT2D eigenvalue weighted by molar-refractivity contribution is -0.216. The molecule has 3 aromatic heterocycles. The van der Waals surface area contributed by atoms with Crippen LogP contribution in [0.4, 0.5) is 13.2 Å². The Labute approximate surface area is 243 Å². The predicted octanol–water partition coefficient (Wildman–Crippen LogP) is 3.06. The molecule has 0 aliphatic carbocycles. The number of aromatic nitrogens is 6. The largest absolute Gasteiger partial charge is 0.418 e. The number of nitrogens with zero attached hydrogens (tertiary/aromatic N) is 6. The number of aliphatic hydroxyl groups excluding tert-OH is 2. The molecule has 4 heterocycles. The molecule has 2 unspecified atom stereocenters. The second-order valence-electron chi connectivity index (χ2n) is 8.91. The van der Waals surface area contributed by atoms with Crippen LogP contribution in [0.5, 0.6) is 0 Å². The van der Waals surface area contributed by atoms with Crippen LogP contribution >= 0.6 is 34.5 Å². The van der Waals surface area contributed by atoms with Crippen LogP contribution in [-0.2, 0) is 15.7 Å². The van der Waals surface area contributed by atoms with Crippen LogP contribution in [0.3, 0.4) is 0 Å². The molecule has 1 fully saturated rings. The Bertz CT molecular complexity index is 1580. The summed E-state index contributed by atoms with van der Waals surface area (Å²) in [5, 5.41) is 35.6. The molecular weight excluding hydrogens is 614 g/mol. The van der Waals surface area contributed by atoms with Gasteiger partial charge in [-0.2, -0.15) is 18.3 Å². The maximum Gasteiger partial charge on any atom is 0.418 e. The Morgan fingerprint density at radius 2 is 2.05 bits per heavy atom. The molecule has 4 aromatic rings. The number of alkyl halides is 3. The number of methoxy groups -OCH3 is 1. The first kappa shape index (κ1) is 29.4. The number of thiazole rings is 1. The Balaban J connectivity index is 1.66. The van der Waals surface area contributed by atoms with Crippen LogP contribution in [0.1, 0.15) is 33.9 Å². The molecule has 0 saturated carbocycles. The van der Waals surface area contributed by atoms with E-state index in [0.717, 1.165) is 28.9 Å². The van der Waals surface area contributed by atoms with Gasteiger partial charge in [0, 0.05) is 17.5 Å². The molecule has 218 valence electrons. The van der Waals surface area contributed by atoms with E-state index in [0.29, 0.717) is 10.7 Å². The number of amides is 1. The number of ether oxygens (including phenoxy) is 2. The molecule has 1 aliphatic heterocycles. The predicted molar refractivity (Wildman–Crippen MR) is 139 cm³/mol. The van der Waals surface area contributed by atoms with E-state index in [-0.39, 0.29) is 21.6 Å². The summed E-state index contributed by atoms with van der Waals surface area (Å²) in [4.78, 5) is 16.2. The number of halogens is 5. The van der Waals surface area contributed by atoms with E-state index in [1.165, 1.54) is 29.3 Å². The Hall–Kier alpha value is -3.12. The molecule has 1 aliphatic rings. The fourth-order valence-corrected chi connectivity index (χ4v) is 5.68. The molecular formula is C23H20Cl2F3N7O5S. The topological polar surface area (TPSA) is 163 Å². The van der Waals surface area contributed by atoms with Gasteiger partial charge in [0.05, 0.1) is 29.7 Å². The number of benzene rings is 1. The lowest BCUT2D eigenvalue weighted by Crippen LogP contribution is -2.53. The van der Waals surface area contributed by atoms with Crippen molar-refractivity contribution in [2.45, 2.75) is 36.6 Å². The van der Waals surface area contributed by atoms with Crippen LogP contribution in [0.15, 0.2) is 35.8 Å². The number of rotatable bonds is 7. The molecule has 4 N–H and O–H groups in total. The molecule has 18 heteroatoms. The van der Waals surface area contributed by atoms with Crippen LogP contribution in [0.2, 0.25) is 10.2 Å². The van der Waals surface area contributed by atoms with Crippen molar-refractivity contribution in [1.82, 2.24) is 29.8 Å². The molecule has 12 nitrogen and oxygen atoms in total. The number of hydrogen-bond acceptors (Lipinski definition) is 10. The van der Waals surface area contributed by atoms with Crippen molar-refractivity contribution in [2.24, 2.45) is 5.73 Å². The number of hydrogen-bond donors (Lipinski definition) is 3. The Morgan fingerprint density at radius 3 is 2.66 bits per heavy atom. The minimum absolute atomic E-state index is 0.0399. The first-order valence-corrected chi connectivity index (χ1v) is 13.3. The van der Waals surface area contributed by atoms with E-state index in [1.807, 2.05) is 0 Å². The highest BCUT2D eigenvalue weighted by Crippen LogP contribution is 2.42. The van der Waals surface area contributed by atoms with Crippen LogP contribution in [0, 0.1) is 0 Å². The van der Waals surface area contributed by atoms with E-state index < -0.39 is 60.4 Å². The average Bonchev–Trinajstić information content (AvgIpc) is 3.67. The molecule has 0 radical (unpaired) electrons. The minimum atomic E-state index is -4.83. The number of primary amides is 1. The van der Waals surface area contributed by atoms with Crippen molar-refractivity contribution in [2.75, 3.05) is 13.7 Å². The number of carbonyl (C=O) groups excluding carboxylic acids is 1. The smallest absolute Gasteiger partial charge is 0.394 e. The lowest BCUT2D eigenvalue weighted by Gasteiger charge is -2.43. The molecule has 0 bridgehead atoms. The summed E-state index contributed by atoms with van der Waals surface area (Å²) in [7, 11) is 1.29. The molecule has 0 spiro atoms. The number of aliphatic hydroxyl groups is 2. The van der Waals surface area contributed by atoms with E-state index in [1.54, 1.807) is 5.38 Å². The summed E-state index contributed by atoms with van der Waals surface area (Å²) >= 11 is 13.2. The number of nitrogens with two attached hydrogens (primary N) is 1. The van der Waals surface area contributed by atoms with Crippen molar-refractivity contribution in [1.29, 1.82) is 0 Å². The SMILES string of the molecule is COC1[C@@H](n2cc(-c3nc(Cl)cs3)nn2)[C@@H](O)C(CO)O[C@H]1c1cc(C(N)=O)nn1-c1cc(Cl)ccc1C(F)(F)F. The normalized spacial score (nSPS) is 23.2. The van der Waals surface area contributed by atoms with Crippen molar-refractivity contribution in [3.05, 3.63) is 63.0 Å². The fourth-order valence-electron chi connectivity index (χ4n) is 4.62. The summed E-state index contributed by atoms with van der Waals surface area (Å²) in [6.45, 7) is -0.685. The third kappa shape index (κ3) is 5.55. The summed E-state index contributed by atoms with van der Waals surface area (Å²) in [6, 6.07) is 2.91. The van der Waals surface area contributed by atoms with Gasteiger partial charge in [-0.05, 0) is 24.3 Å². The highest BCUT2D eigenvalue weighted by Gasteiger charge is 2.49. The molecule has 1 aromatic carbocycles. The van der Waals surface area contributed by atoms with E-state index in [9.17, 15) is 28.2 Å². The van der Waals surface area contributed by atoms with Crippen molar-refractivity contribution >= 4 is 40.4 Å². The summed E-state index contributed by atoms with van der Waals surface area (Å²) in [5.41, 5.74) is 3.65. The molecule has 5 rings (SSSR count). The zero-order valence-electron chi connectivity index (χ0n) is 20.7. The van der Waals surface area contributed by atoms with Gasteiger partial charge in [-0.1, -0.05) is 28.4 Å². The van der Waals surface area contributed by atoms with Crippen LogP contribution in [-0.4, -0.2) is 77.9 Å². The van der Waals surface area contributed by atoms with E-state index in [4.69, 9.17) is 38.4 Å². The summed E-state index contributed by atoms with van der Waals surface area (Å²) in [5.74, 6) is -1.02. The standard InChI is InChI=1S/C23H20Cl2F3N7O5S/c1-39-20-17(34-6-12(31-33-34)22-30-16(25)8-41-22)18(37)15(7-36)40-19(20)14-5-11(21(29)38)32-35(14)13-4-9(24)2-3-10(13)23(26,27)28/h2-6,8,15,17-20,36-37H,7H2,1H3,(H2,29,38)/t15?,17-,18-,19-,20?/m0/s1. The van der Waals surface area contributed by atoms with Gasteiger partial charge < -0.3 is 25.4 Å². The van der Waals surface area contributed by atoms with Crippen LogP contribution in [0.25, 0.3) is 16.4 Å². The first-order chi connectivity index (χ1) is 19.4.